The number of ether oxygens (including phenoxy) is 1. The molecule has 0 bridgehead atoms. The van der Waals surface area contributed by atoms with Crippen LogP contribution in [0.3, 0.4) is 0 Å². The van der Waals surface area contributed by atoms with E-state index in [9.17, 15) is 0 Å². The van der Waals surface area contributed by atoms with Gasteiger partial charge in [-0.3, -0.25) is 0 Å². The van der Waals surface area contributed by atoms with Crippen molar-refractivity contribution in [2.45, 2.75) is 39.3 Å². The van der Waals surface area contributed by atoms with Gasteiger partial charge in [0.1, 0.15) is 13.8 Å². The molecule has 0 saturated heterocycles. The van der Waals surface area contributed by atoms with Gasteiger partial charge in [0.05, 0.1) is 7.11 Å². The van der Waals surface area contributed by atoms with E-state index in [1.165, 1.54) is 34.0 Å². The Morgan fingerprint density at radius 3 is 2.32 bits per heavy atom. The number of allylic oxidation sites excluding steroid dienone is 4. The van der Waals surface area contributed by atoms with E-state index in [2.05, 4.69) is 81.5 Å². The van der Waals surface area contributed by atoms with Crippen LogP contribution in [0.2, 0.25) is 12.1 Å². The first-order valence-electron chi connectivity index (χ1n) is 9.27. The van der Waals surface area contributed by atoms with Crippen molar-refractivity contribution < 1.29 is 4.74 Å². The molecule has 1 aliphatic carbocycles. The zero-order chi connectivity index (χ0) is 17.9. The molecule has 2 aromatic rings. The van der Waals surface area contributed by atoms with Crippen LogP contribution in [0.15, 0.2) is 65.9 Å². The predicted octanol–water partition coefficient (Wildman–Crippen LogP) is 5.79. The van der Waals surface area contributed by atoms with Gasteiger partial charge in [0.2, 0.25) is 0 Å². The van der Waals surface area contributed by atoms with Gasteiger partial charge in [-0.15, -0.1) is 0 Å². The van der Waals surface area contributed by atoms with Crippen LogP contribution in [0.25, 0.3) is 11.1 Å². The quantitative estimate of drug-likeness (QED) is 0.600. The van der Waals surface area contributed by atoms with E-state index >= 15 is 0 Å². The summed E-state index contributed by atoms with van der Waals surface area (Å²) >= 11 is 0. The van der Waals surface area contributed by atoms with Crippen LogP contribution in [0.5, 0.6) is 5.75 Å². The molecule has 0 atom stereocenters. The van der Waals surface area contributed by atoms with Crippen molar-refractivity contribution in [3.63, 3.8) is 0 Å². The van der Waals surface area contributed by atoms with Gasteiger partial charge in [0.15, 0.2) is 0 Å². The van der Waals surface area contributed by atoms with Crippen LogP contribution in [0.1, 0.15) is 25.8 Å². The molecular weight excluding hydrogens is 320 g/mol. The SMILES string of the molecule is CC[Si](CC)(C1=CC=CC1)c1cc(C)cc(-c2ccccc2)c1OC. The molecule has 0 amide bonds. The Balaban J connectivity index is 2.26. The van der Waals surface area contributed by atoms with Gasteiger partial charge in [0.25, 0.3) is 0 Å². The molecule has 1 aliphatic rings. The minimum Gasteiger partial charge on any atom is -0.496 e. The second-order valence-electron chi connectivity index (χ2n) is 6.87. The molecule has 3 rings (SSSR count). The Morgan fingerprint density at radius 1 is 1.04 bits per heavy atom. The smallest absolute Gasteiger partial charge is 0.126 e. The summed E-state index contributed by atoms with van der Waals surface area (Å²) in [6, 6.07) is 17.7. The fourth-order valence-corrected chi connectivity index (χ4v) is 8.86. The van der Waals surface area contributed by atoms with E-state index in [0.29, 0.717) is 0 Å². The van der Waals surface area contributed by atoms with Gasteiger partial charge in [-0.05, 0) is 30.2 Å². The molecule has 0 heterocycles. The lowest BCUT2D eigenvalue weighted by atomic mass is 10.0. The number of hydrogen-bond acceptors (Lipinski definition) is 1. The Kier molecular flexibility index (Phi) is 5.29. The lowest BCUT2D eigenvalue weighted by molar-refractivity contribution is 0.419. The van der Waals surface area contributed by atoms with Crippen molar-refractivity contribution in [2.75, 3.05) is 7.11 Å². The Morgan fingerprint density at radius 2 is 1.76 bits per heavy atom. The number of benzene rings is 2. The zero-order valence-electron chi connectivity index (χ0n) is 15.8. The van der Waals surface area contributed by atoms with Crippen molar-refractivity contribution in [1.29, 1.82) is 0 Å². The third-order valence-electron chi connectivity index (χ3n) is 5.63. The first-order valence-corrected chi connectivity index (χ1v) is 11.7. The average Bonchev–Trinajstić information content (AvgIpc) is 3.19. The van der Waals surface area contributed by atoms with Crippen LogP contribution >= 0.6 is 0 Å². The van der Waals surface area contributed by atoms with Crippen LogP contribution in [0.4, 0.5) is 0 Å². The Hall–Kier alpha value is -2.06. The van der Waals surface area contributed by atoms with E-state index in [1.807, 2.05) is 7.11 Å². The van der Waals surface area contributed by atoms with Gasteiger partial charge in [-0.1, -0.05) is 91.3 Å². The minimum absolute atomic E-state index is 1.08. The number of rotatable bonds is 6. The monoisotopic (exact) mass is 348 g/mol. The summed E-state index contributed by atoms with van der Waals surface area (Å²) < 4.78 is 6.04. The highest BCUT2D eigenvalue weighted by molar-refractivity contribution is 6.98. The lowest BCUT2D eigenvalue weighted by Crippen LogP contribution is -2.49. The summed E-state index contributed by atoms with van der Waals surface area (Å²) in [6.07, 6.45) is 7.99. The number of methoxy groups -OCH3 is 1. The third-order valence-corrected chi connectivity index (χ3v) is 11.0. The van der Waals surface area contributed by atoms with E-state index in [1.54, 1.807) is 5.20 Å². The van der Waals surface area contributed by atoms with E-state index in [4.69, 9.17) is 4.74 Å². The lowest BCUT2D eigenvalue weighted by Gasteiger charge is -2.34. The second-order valence-corrected chi connectivity index (χ2v) is 11.6. The third kappa shape index (κ3) is 3.11. The molecule has 0 radical (unpaired) electrons. The molecule has 2 heteroatoms. The fraction of sp³-hybridized carbons (Fsp3) is 0.304. The van der Waals surface area contributed by atoms with Crippen LogP contribution < -0.4 is 9.92 Å². The molecule has 0 N–H and O–H groups in total. The highest BCUT2D eigenvalue weighted by Gasteiger charge is 2.38. The van der Waals surface area contributed by atoms with Gasteiger partial charge in [0, 0.05) is 5.56 Å². The number of hydrogen-bond donors (Lipinski definition) is 0. The van der Waals surface area contributed by atoms with Crippen LogP contribution in [0, 0.1) is 6.92 Å². The summed E-state index contributed by atoms with van der Waals surface area (Å²) in [7, 11) is 0.0517. The molecule has 0 aromatic heterocycles. The minimum atomic E-state index is -1.77. The highest BCUT2D eigenvalue weighted by Crippen LogP contribution is 2.37. The van der Waals surface area contributed by atoms with E-state index < -0.39 is 8.07 Å². The Bertz CT molecular complexity index is 798. The highest BCUT2D eigenvalue weighted by atomic mass is 28.3. The molecule has 2 aromatic carbocycles. The molecule has 0 unspecified atom stereocenters. The molecule has 25 heavy (non-hydrogen) atoms. The zero-order valence-corrected chi connectivity index (χ0v) is 16.8. The molecular formula is C23H28OSi. The summed E-state index contributed by atoms with van der Waals surface area (Å²) in [5, 5.41) is 3.11. The van der Waals surface area contributed by atoms with Gasteiger partial charge in [-0.25, -0.2) is 0 Å². The van der Waals surface area contributed by atoms with E-state index in [0.717, 1.165) is 12.2 Å². The second kappa shape index (κ2) is 7.45. The molecule has 1 nitrogen and oxygen atoms in total. The molecule has 0 saturated carbocycles. The van der Waals surface area contributed by atoms with Crippen LogP contribution in [-0.2, 0) is 0 Å². The Labute approximate surface area is 153 Å². The predicted molar refractivity (Wildman–Crippen MR) is 111 cm³/mol. The van der Waals surface area contributed by atoms with Crippen molar-refractivity contribution >= 4 is 13.3 Å². The van der Waals surface area contributed by atoms with Crippen molar-refractivity contribution in [3.05, 3.63) is 71.5 Å². The molecule has 0 fully saturated rings. The standard InChI is InChI=1S/C23H28OSi/c1-5-25(6-2,20-14-10-11-15-20)22-17-18(3)16-21(23(22)24-4)19-12-8-7-9-13-19/h7-14,16-17H,5-6,15H2,1-4H3. The normalized spacial score (nSPS) is 13.8. The largest absolute Gasteiger partial charge is 0.496 e. The maximum absolute atomic E-state index is 6.04. The summed E-state index contributed by atoms with van der Waals surface area (Å²) in [6.45, 7) is 6.93. The average molecular weight is 349 g/mol. The maximum Gasteiger partial charge on any atom is 0.126 e. The van der Waals surface area contributed by atoms with Gasteiger partial charge in [-0.2, -0.15) is 0 Å². The first-order chi connectivity index (χ1) is 12.2. The van der Waals surface area contributed by atoms with Crippen molar-refractivity contribution in [1.82, 2.24) is 0 Å². The summed E-state index contributed by atoms with van der Waals surface area (Å²) in [5.41, 5.74) is 3.78. The van der Waals surface area contributed by atoms with Crippen LogP contribution in [-0.4, -0.2) is 15.2 Å². The fourth-order valence-electron chi connectivity index (χ4n) is 4.24. The van der Waals surface area contributed by atoms with Crippen molar-refractivity contribution in [3.8, 4) is 16.9 Å². The van der Waals surface area contributed by atoms with Crippen molar-refractivity contribution in [2.24, 2.45) is 0 Å². The number of aryl methyl sites for hydroxylation is 1. The van der Waals surface area contributed by atoms with Gasteiger partial charge < -0.3 is 4.74 Å². The maximum atomic E-state index is 6.04. The van der Waals surface area contributed by atoms with Gasteiger partial charge >= 0.3 is 0 Å². The topological polar surface area (TPSA) is 9.23 Å². The first kappa shape index (κ1) is 17.8. The summed E-state index contributed by atoms with van der Waals surface area (Å²) in [5.74, 6) is 1.08. The molecule has 0 aliphatic heterocycles. The molecule has 130 valence electrons. The summed E-state index contributed by atoms with van der Waals surface area (Å²) in [4.78, 5) is 0. The van der Waals surface area contributed by atoms with E-state index in [-0.39, 0.29) is 0 Å². The molecule has 0 spiro atoms.